The summed E-state index contributed by atoms with van der Waals surface area (Å²) in [5.41, 5.74) is 13.2. The van der Waals surface area contributed by atoms with Crippen LogP contribution in [0.2, 0.25) is 0 Å². The maximum absolute atomic E-state index is 11.4. The maximum Gasteiger partial charge on any atom is 0.488 e. The summed E-state index contributed by atoms with van der Waals surface area (Å²) in [6, 6.07) is 6.28. The highest BCUT2D eigenvalue weighted by molar-refractivity contribution is 6.58. The van der Waals surface area contributed by atoms with Gasteiger partial charge in [0.15, 0.2) is 16.7 Å². The van der Waals surface area contributed by atoms with Crippen LogP contribution in [0.1, 0.15) is 37.8 Å². The average molecular weight is 596 g/mol. The number of nitrogens with two attached hydrogens (primary N) is 2. The fourth-order valence-corrected chi connectivity index (χ4v) is 4.55. The van der Waals surface area contributed by atoms with Crippen molar-refractivity contribution in [2.24, 2.45) is 0 Å². The molecule has 0 saturated heterocycles. The minimum absolute atomic E-state index is 0.154. The Balaban J connectivity index is 0.000000143. The van der Waals surface area contributed by atoms with Gasteiger partial charge < -0.3 is 36.0 Å². The molecule has 0 spiro atoms. The monoisotopic (exact) mass is 596 g/mol. The molecule has 0 atom stereocenters. The van der Waals surface area contributed by atoms with Gasteiger partial charge in [0.05, 0.1) is 12.1 Å². The predicted octanol–water partition coefficient (Wildman–Crippen LogP) is 0.834. The van der Waals surface area contributed by atoms with Gasteiger partial charge in [-0.1, -0.05) is 0 Å². The van der Waals surface area contributed by atoms with Crippen molar-refractivity contribution in [2.75, 3.05) is 11.5 Å². The van der Waals surface area contributed by atoms with E-state index in [0.717, 1.165) is 25.7 Å². The van der Waals surface area contributed by atoms with Gasteiger partial charge in [-0.3, -0.25) is 4.79 Å². The summed E-state index contributed by atoms with van der Waals surface area (Å²) in [6.45, 7) is 0. The van der Waals surface area contributed by atoms with Crippen molar-refractivity contribution < 1.29 is 19.5 Å². The van der Waals surface area contributed by atoms with Gasteiger partial charge in [0.1, 0.15) is 35.1 Å². The zero-order valence-electron chi connectivity index (χ0n) is 23.0. The van der Waals surface area contributed by atoms with Crippen molar-refractivity contribution in [2.45, 2.75) is 37.8 Å². The van der Waals surface area contributed by atoms with Crippen LogP contribution in [0, 0.1) is 0 Å². The second-order valence-electron chi connectivity index (χ2n) is 10.3. The van der Waals surface area contributed by atoms with Crippen LogP contribution in [-0.4, -0.2) is 66.6 Å². The van der Waals surface area contributed by atoms with Gasteiger partial charge in [-0.25, -0.2) is 34.3 Å². The Kier molecular flexibility index (Phi) is 6.75. The molecule has 6 aromatic rings. The molecule has 6 aromatic heterocycles. The Labute approximate surface area is 247 Å². The summed E-state index contributed by atoms with van der Waals surface area (Å²) in [7, 11) is -1.60. The summed E-state index contributed by atoms with van der Waals surface area (Å²) in [5.74, 6) is 1.61. The zero-order valence-corrected chi connectivity index (χ0v) is 23.0. The molecule has 2 fully saturated rings. The molecule has 0 amide bonds. The Morgan fingerprint density at radius 3 is 1.95 bits per heavy atom. The van der Waals surface area contributed by atoms with Gasteiger partial charge in [0.2, 0.25) is 11.8 Å². The number of aromatic nitrogens is 10. The number of fused-ring (bicyclic) bond motifs is 2. The normalized spacial score (nSPS) is 14.3. The summed E-state index contributed by atoms with van der Waals surface area (Å²) in [6.07, 6.45) is 9.91. The third kappa shape index (κ3) is 5.34. The Morgan fingerprint density at radius 2 is 1.41 bits per heavy atom. The molecule has 44 heavy (non-hydrogen) atoms. The minimum atomic E-state index is -1.60. The highest BCUT2D eigenvalue weighted by Crippen LogP contribution is 2.41. The summed E-state index contributed by atoms with van der Waals surface area (Å²) < 4.78 is 15.0. The lowest BCUT2D eigenvalue weighted by Crippen LogP contribution is -2.29. The van der Waals surface area contributed by atoms with E-state index in [1.807, 2.05) is 4.68 Å². The second-order valence-corrected chi connectivity index (χ2v) is 10.3. The molecule has 8 rings (SSSR count). The van der Waals surface area contributed by atoms with Crippen LogP contribution < -0.4 is 31.8 Å². The lowest BCUT2D eigenvalue weighted by molar-refractivity contribution is 0.422. The van der Waals surface area contributed by atoms with E-state index in [0.29, 0.717) is 51.7 Å². The summed E-state index contributed by atoms with van der Waals surface area (Å²) >= 11 is 0. The van der Waals surface area contributed by atoms with Crippen LogP contribution in [0.5, 0.6) is 23.5 Å². The molecule has 2 saturated carbocycles. The SMILES string of the molecule is Nc1ncnc2c1c(Oc1cc(=O)cc[nH]1)nn2C1CC1.Nc1ncnc2c1c(Oc1cc(B(O)O)ccn1)nn2C1CC1. The summed E-state index contributed by atoms with van der Waals surface area (Å²) in [5, 5.41) is 28.4. The molecule has 0 unspecified atom stereocenters. The first kappa shape index (κ1) is 27.2. The van der Waals surface area contributed by atoms with E-state index in [2.05, 4.69) is 40.1 Å². The molecule has 0 aliphatic heterocycles. The number of nitrogens with zero attached hydrogens (tertiary/aromatic N) is 9. The standard InChI is InChI=1S/C13H13BN6O3.C13H12N6O2/c15-11-10-12(18-6-17-11)20(8-1-2-8)19-13(10)23-9-5-7(14(21)22)3-4-16-9;14-11-10-12(17-6-16-11)19(7-1-2-7)18-13(10)21-9-5-8(20)3-4-15-9/h3-6,8,21-22H,1-2H2,(H2,15,17,18);3-7H,1-2H2,(H,15,20)(H2,14,16,17). The number of aromatic amines is 1. The molecule has 0 aromatic carbocycles. The number of H-pyrrole nitrogens is 1. The molecule has 6 heterocycles. The smallest absolute Gasteiger partial charge is 0.423 e. The number of nitrogen functional groups attached to an aromatic ring is 2. The highest BCUT2D eigenvalue weighted by Gasteiger charge is 2.31. The predicted molar refractivity (Wildman–Crippen MR) is 157 cm³/mol. The van der Waals surface area contributed by atoms with Crippen LogP contribution in [0.15, 0.2) is 54.1 Å². The van der Waals surface area contributed by atoms with Crippen molar-refractivity contribution in [3.05, 3.63) is 59.5 Å². The van der Waals surface area contributed by atoms with Crippen LogP contribution >= 0.6 is 0 Å². The molecule has 222 valence electrons. The maximum atomic E-state index is 11.4. The number of hydrogen-bond donors (Lipinski definition) is 5. The molecule has 2 aliphatic carbocycles. The van der Waals surface area contributed by atoms with Gasteiger partial charge >= 0.3 is 7.12 Å². The number of ether oxygens (including phenoxy) is 2. The van der Waals surface area contributed by atoms with E-state index < -0.39 is 7.12 Å². The Hall–Kier alpha value is -5.62. The van der Waals surface area contributed by atoms with Crippen LogP contribution in [0.25, 0.3) is 22.1 Å². The van der Waals surface area contributed by atoms with Crippen LogP contribution in [-0.2, 0) is 0 Å². The molecule has 17 nitrogen and oxygen atoms in total. The third-order valence-electron chi connectivity index (χ3n) is 6.97. The fourth-order valence-electron chi connectivity index (χ4n) is 4.55. The number of rotatable bonds is 7. The second kappa shape index (κ2) is 10.9. The lowest BCUT2D eigenvalue weighted by atomic mass is 9.81. The molecule has 18 heteroatoms. The summed E-state index contributed by atoms with van der Waals surface area (Å²) in [4.78, 5) is 34.7. The van der Waals surface area contributed by atoms with Crippen molar-refractivity contribution >= 4 is 46.3 Å². The third-order valence-corrected chi connectivity index (χ3v) is 6.97. The lowest BCUT2D eigenvalue weighted by Gasteiger charge is -2.04. The number of anilines is 2. The first-order chi connectivity index (χ1) is 21.4. The van der Waals surface area contributed by atoms with E-state index in [-0.39, 0.29) is 28.5 Å². The first-order valence-corrected chi connectivity index (χ1v) is 13.7. The quantitative estimate of drug-likeness (QED) is 0.160. The van der Waals surface area contributed by atoms with E-state index in [1.165, 1.54) is 49.3 Å². The number of nitrogens with one attached hydrogen (secondary N) is 1. The number of pyridine rings is 2. The van der Waals surface area contributed by atoms with E-state index in [9.17, 15) is 14.8 Å². The Bertz CT molecular complexity index is 2050. The minimum Gasteiger partial charge on any atom is -0.423 e. The number of hydrogen-bond acceptors (Lipinski definition) is 14. The fraction of sp³-hybridized carbons (Fsp3) is 0.231. The van der Waals surface area contributed by atoms with Gasteiger partial charge in [-0.05, 0) is 37.2 Å². The van der Waals surface area contributed by atoms with Crippen molar-refractivity contribution in [1.29, 1.82) is 0 Å². The topological polar surface area (TPSA) is 244 Å². The van der Waals surface area contributed by atoms with Crippen molar-refractivity contribution in [1.82, 2.24) is 49.5 Å². The highest BCUT2D eigenvalue weighted by atomic mass is 16.5. The zero-order chi connectivity index (χ0) is 30.4. The van der Waals surface area contributed by atoms with Gasteiger partial charge in [0, 0.05) is 30.6 Å². The molecule has 0 bridgehead atoms. The van der Waals surface area contributed by atoms with Crippen molar-refractivity contribution in [3.63, 3.8) is 0 Å². The molecule has 2 aliphatic rings. The average Bonchev–Trinajstić information content (AvgIpc) is 3.95. The van der Waals surface area contributed by atoms with Crippen molar-refractivity contribution in [3.8, 4) is 23.5 Å². The van der Waals surface area contributed by atoms with Crippen LogP contribution in [0.4, 0.5) is 11.6 Å². The van der Waals surface area contributed by atoms with Gasteiger partial charge in [0.25, 0.3) is 11.8 Å². The molecule has 7 N–H and O–H groups in total. The van der Waals surface area contributed by atoms with Gasteiger partial charge in [-0.2, -0.15) is 0 Å². The Morgan fingerprint density at radius 1 is 0.818 bits per heavy atom. The van der Waals surface area contributed by atoms with Gasteiger partial charge in [-0.15, -0.1) is 10.2 Å². The molecular weight excluding hydrogens is 571 g/mol. The largest absolute Gasteiger partial charge is 0.488 e. The van der Waals surface area contributed by atoms with E-state index in [4.69, 9.17) is 20.9 Å². The molecule has 0 radical (unpaired) electrons. The first-order valence-electron chi connectivity index (χ1n) is 13.7. The van der Waals surface area contributed by atoms with E-state index in [1.54, 1.807) is 4.68 Å². The molecular formula is C26H25BN12O5. The van der Waals surface area contributed by atoms with Crippen LogP contribution in [0.3, 0.4) is 0 Å². The van der Waals surface area contributed by atoms with E-state index >= 15 is 0 Å².